The van der Waals surface area contributed by atoms with Gasteiger partial charge < -0.3 is 61.8 Å². The highest BCUT2D eigenvalue weighted by molar-refractivity contribution is 6.39. The molecule has 1 aliphatic carbocycles. The summed E-state index contributed by atoms with van der Waals surface area (Å²) in [7, 11) is 1.58. The van der Waals surface area contributed by atoms with E-state index in [9.17, 15) is 42.9 Å². The Balaban J connectivity index is 0.000000164. The molecule has 0 radical (unpaired) electrons. The third kappa shape index (κ3) is 11.4. The minimum Gasteiger partial charge on any atom is -0.493 e. The van der Waals surface area contributed by atoms with Crippen molar-refractivity contribution < 1.29 is 62.9 Å². The Bertz CT molecular complexity index is 3240. The molecule has 3 fully saturated rings. The summed E-state index contributed by atoms with van der Waals surface area (Å²) in [6, 6.07) is 8.45. The molecule has 74 heavy (non-hydrogen) atoms. The van der Waals surface area contributed by atoms with Crippen LogP contribution in [0.25, 0.3) is 27.9 Å². The number of aromatic nitrogens is 7. The quantitative estimate of drug-likeness (QED) is 0.101. The van der Waals surface area contributed by atoms with E-state index in [1.165, 1.54) is 29.6 Å². The second kappa shape index (κ2) is 23.3. The molecule has 1 unspecified atom stereocenters. The maximum absolute atomic E-state index is 14.7. The first-order valence-electron chi connectivity index (χ1n) is 22.4. The number of pyridine rings is 3. The highest BCUT2D eigenvalue weighted by atomic mass is 35.5. The van der Waals surface area contributed by atoms with Crippen molar-refractivity contribution in [2.24, 2.45) is 5.73 Å². The minimum atomic E-state index is -1.57. The number of carbonyl (C=O) groups excluding carboxylic acids is 1. The molecule has 11 N–H and O–H groups in total. The largest absolute Gasteiger partial charge is 0.493 e. The molecule has 10 rings (SSSR count). The van der Waals surface area contributed by atoms with Crippen molar-refractivity contribution in [2.75, 3.05) is 42.8 Å². The fourth-order valence-electron chi connectivity index (χ4n) is 8.41. The number of carboxylic acid groups (broad SMARTS) is 1. The van der Waals surface area contributed by atoms with E-state index in [1.54, 1.807) is 30.2 Å². The lowest BCUT2D eigenvalue weighted by Gasteiger charge is -2.19. The van der Waals surface area contributed by atoms with Gasteiger partial charge in [0, 0.05) is 49.4 Å². The Morgan fingerprint density at radius 2 is 1.68 bits per heavy atom. The first-order valence-corrected chi connectivity index (χ1v) is 23.2. The number of aliphatic hydroxyl groups excluding tert-OH is 3. The molecule has 2 saturated heterocycles. The monoisotopic (exact) mass is 1070 g/mol. The topological polar surface area (TPSA) is 333 Å². The fourth-order valence-corrected chi connectivity index (χ4v) is 8.87. The molecule has 7 aromatic rings. The summed E-state index contributed by atoms with van der Waals surface area (Å²) < 4.78 is 61.7. The first-order chi connectivity index (χ1) is 35.0. The van der Waals surface area contributed by atoms with Crippen LogP contribution in [0.3, 0.4) is 0 Å². The van der Waals surface area contributed by atoms with Gasteiger partial charge in [-0.1, -0.05) is 23.2 Å². The van der Waals surface area contributed by atoms with Gasteiger partial charge in [-0.25, -0.2) is 37.9 Å². The highest BCUT2D eigenvalue weighted by Crippen LogP contribution is 2.35. The summed E-state index contributed by atoms with van der Waals surface area (Å²) in [4.78, 5) is 58.1. The van der Waals surface area contributed by atoms with Crippen LogP contribution in [0.5, 0.6) is 11.5 Å². The molecule has 0 spiro atoms. The van der Waals surface area contributed by atoms with Crippen LogP contribution >= 0.6 is 23.2 Å². The van der Waals surface area contributed by atoms with E-state index in [-0.39, 0.29) is 61.9 Å². The summed E-state index contributed by atoms with van der Waals surface area (Å²) >= 11 is 12.1. The van der Waals surface area contributed by atoms with Crippen molar-refractivity contribution in [3.8, 4) is 17.2 Å². The van der Waals surface area contributed by atoms with E-state index in [0.717, 1.165) is 54.6 Å². The predicted octanol–water partition coefficient (Wildman–Crippen LogP) is 4.20. The Kier molecular flexibility index (Phi) is 17.2. The molecule has 392 valence electrons. The molecule has 22 nitrogen and oxygen atoms in total. The van der Waals surface area contributed by atoms with Crippen LogP contribution in [-0.2, 0) is 4.74 Å². The Morgan fingerprint density at radius 1 is 0.946 bits per heavy atom. The molecule has 1 saturated carbocycles. The second-order valence-corrected chi connectivity index (χ2v) is 17.8. The van der Waals surface area contributed by atoms with E-state index in [4.69, 9.17) is 54.0 Å². The number of aliphatic hydroxyl groups is 3. The van der Waals surface area contributed by atoms with Gasteiger partial charge in [0.25, 0.3) is 5.91 Å². The summed E-state index contributed by atoms with van der Waals surface area (Å²) in [6.45, 7) is 0.398. The number of benzene rings is 2. The zero-order valence-corrected chi connectivity index (χ0v) is 40.4. The van der Waals surface area contributed by atoms with Crippen LogP contribution in [-0.4, -0.2) is 129 Å². The van der Waals surface area contributed by atoms with Gasteiger partial charge >= 0.3 is 5.97 Å². The molecule has 1 amide bonds. The van der Waals surface area contributed by atoms with Crippen LogP contribution in [0.15, 0.2) is 78.5 Å². The number of imidazole rings is 1. The lowest BCUT2D eigenvalue weighted by molar-refractivity contribution is -0.0511. The third-order valence-corrected chi connectivity index (χ3v) is 12.7. The Labute approximate surface area is 427 Å². The maximum Gasteiger partial charge on any atom is 0.341 e. The number of fused-ring (bicyclic) bond motifs is 2. The van der Waals surface area contributed by atoms with Crippen molar-refractivity contribution in [1.29, 1.82) is 0 Å². The first kappa shape index (κ1) is 54.5. The number of aromatic carboxylic acids is 1. The number of hydrogen-bond donors (Lipinski definition) is 7. The number of nitrogens with one attached hydrogen (secondary N) is 1. The van der Waals surface area contributed by atoms with Gasteiger partial charge in [0.15, 0.2) is 46.5 Å². The van der Waals surface area contributed by atoms with Crippen molar-refractivity contribution in [3.05, 3.63) is 123 Å². The number of amides is 1. The number of nitrogen functional groups attached to an aromatic ring is 1. The number of hydrogen-bond acceptors (Lipinski definition) is 17. The van der Waals surface area contributed by atoms with Gasteiger partial charge in [0.05, 0.1) is 53.0 Å². The van der Waals surface area contributed by atoms with Gasteiger partial charge in [0.1, 0.15) is 47.4 Å². The Morgan fingerprint density at radius 3 is 2.31 bits per heavy atom. The lowest BCUT2D eigenvalue weighted by Crippen LogP contribution is -2.33. The molecular weight excluding hydrogens is 1020 g/mol. The fraction of sp³-hybridized carbons (Fsp3) is 0.319. The Hall–Kier alpha value is -7.23. The number of rotatable bonds is 10. The molecule has 7 heterocycles. The average molecular weight is 1070 g/mol. The summed E-state index contributed by atoms with van der Waals surface area (Å²) in [5.41, 5.74) is 11.0. The van der Waals surface area contributed by atoms with Crippen molar-refractivity contribution in [3.63, 3.8) is 0 Å². The molecule has 2 aliphatic heterocycles. The van der Waals surface area contributed by atoms with E-state index in [2.05, 4.69) is 30.2 Å². The zero-order valence-electron chi connectivity index (χ0n) is 38.9. The standard InChI is InChI=1S/C19H15F3N4O3.C18H18Cl2N2O3.C10H13N5O4.H2O/c20-9-1-2-15(13(21)5-9)26-8-12(19(28)29)16(27)11-6-14(22)18(24-17(11)26)25-4-3-10(23)7-25;1-24-15-7-6-11(8-16(15)25-12-4-2-3-5-12)18(23)22-17-13(19)9-21-10-14(17)20;11-8-5-9(13-2-12-8)15(3-14-5)10-7(18)6(17)4(1-16)19-10;/h1-2,5-6,8,10H,3-4,7,23H2,(H,28,29);6-10,12H,2-5H2,1H3,(H,21,22,23);2-4,6-7,10,16-18H,1H2,(H2,11,12,13);1H2/t;;4-,6-,7+,10-;/m..1./s1. The maximum atomic E-state index is 14.7. The number of carbonyl (C=O) groups is 2. The zero-order chi connectivity index (χ0) is 52.2. The van der Waals surface area contributed by atoms with Crippen LogP contribution in [0.2, 0.25) is 10.0 Å². The van der Waals surface area contributed by atoms with Crippen LogP contribution < -0.4 is 36.6 Å². The highest BCUT2D eigenvalue weighted by Gasteiger charge is 2.44. The van der Waals surface area contributed by atoms with Crippen LogP contribution in [0, 0.1) is 17.5 Å². The number of halogens is 5. The SMILES string of the molecule is COc1ccc(C(=O)Nc2c(Cl)cncc2Cl)cc1OC1CCCC1.NC1CCN(c2nc3c(cc2F)c(=O)c(C(=O)O)cn3-c2ccc(F)cc2F)C1.Nc1ncnc2c1ncn2[C@@H]1O[C@H](CO)[C@@H](O)[C@@H]1O.O. The molecule has 27 heteroatoms. The summed E-state index contributed by atoms with van der Waals surface area (Å²) in [5, 5.41) is 41.0. The van der Waals surface area contributed by atoms with Gasteiger partial charge in [-0.2, -0.15) is 0 Å². The van der Waals surface area contributed by atoms with Gasteiger partial charge in [0.2, 0.25) is 5.43 Å². The predicted molar refractivity (Wildman–Crippen MR) is 263 cm³/mol. The van der Waals surface area contributed by atoms with Crippen molar-refractivity contribution >= 4 is 74.6 Å². The molecular formula is C47H48Cl2F3N11O11. The number of carboxylic acids is 1. The average Bonchev–Trinajstić information content (AvgIpc) is 4.20. The van der Waals surface area contributed by atoms with Gasteiger partial charge in [-0.05, 0) is 68.5 Å². The molecule has 3 aliphatic rings. The van der Waals surface area contributed by atoms with Gasteiger partial charge in [-0.15, -0.1) is 0 Å². The van der Waals surface area contributed by atoms with Crippen molar-refractivity contribution in [2.45, 2.75) is 68.8 Å². The van der Waals surface area contributed by atoms with Crippen molar-refractivity contribution in [1.82, 2.24) is 34.1 Å². The third-order valence-electron chi connectivity index (χ3n) is 12.1. The second-order valence-electron chi connectivity index (χ2n) is 16.9. The number of ether oxygens (including phenoxy) is 3. The summed E-state index contributed by atoms with van der Waals surface area (Å²) in [5.74, 6) is -3.26. The van der Waals surface area contributed by atoms with E-state index >= 15 is 0 Å². The van der Waals surface area contributed by atoms with Gasteiger partial charge in [-0.3, -0.25) is 23.7 Å². The van der Waals surface area contributed by atoms with E-state index in [0.29, 0.717) is 59.5 Å². The molecule has 5 aromatic heterocycles. The summed E-state index contributed by atoms with van der Waals surface area (Å²) in [6.07, 6.45) is 7.45. The minimum absolute atomic E-state index is 0. The number of nitrogens with zero attached hydrogens (tertiary/aromatic N) is 8. The molecule has 5 atom stereocenters. The number of anilines is 3. The van der Waals surface area contributed by atoms with E-state index < -0.39 is 65.6 Å². The number of nitrogens with two attached hydrogens (primary N) is 2. The normalized spacial score (nSPS) is 19.3. The molecule has 0 bridgehead atoms. The van der Waals surface area contributed by atoms with Crippen LogP contribution in [0.1, 0.15) is 59.0 Å². The smallest absolute Gasteiger partial charge is 0.341 e. The lowest BCUT2D eigenvalue weighted by atomic mass is 10.1. The van der Waals surface area contributed by atoms with E-state index in [1.807, 2.05) is 0 Å². The number of methoxy groups -OCH3 is 1. The molecule has 2 aromatic carbocycles. The van der Waals surface area contributed by atoms with Crippen LogP contribution in [0.4, 0.5) is 30.5 Å².